The minimum Gasteiger partial charge on any atom is -0.397 e. The van der Waals surface area contributed by atoms with Crippen molar-refractivity contribution in [2.45, 2.75) is 19.3 Å². The molecule has 2 rings (SSSR count). The van der Waals surface area contributed by atoms with Crippen LogP contribution in [-0.2, 0) is 4.79 Å². The van der Waals surface area contributed by atoms with Gasteiger partial charge in [-0.1, -0.05) is 12.1 Å². The summed E-state index contributed by atoms with van der Waals surface area (Å²) in [6, 6.07) is 7.39. The van der Waals surface area contributed by atoms with Crippen LogP contribution in [0.2, 0.25) is 0 Å². The molecule has 0 saturated carbocycles. The number of nitrogens with zero attached hydrogens (tertiary/aromatic N) is 1. The van der Waals surface area contributed by atoms with Gasteiger partial charge >= 0.3 is 0 Å². The van der Waals surface area contributed by atoms with E-state index in [0.29, 0.717) is 17.7 Å². The number of hydrogen-bond acceptors (Lipinski definition) is 3. The zero-order chi connectivity index (χ0) is 11.5. The molecular formula is C13H12N2O. The Labute approximate surface area is 94.2 Å². The molecule has 0 heterocycles. The van der Waals surface area contributed by atoms with Gasteiger partial charge in [0.25, 0.3) is 0 Å². The predicted octanol–water partition coefficient (Wildman–Crippen LogP) is 2.28. The average Bonchev–Trinajstić information content (AvgIpc) is 2.29. The van der Waals surface area contributed by atoms with Crippen molar-refractivity contribution in [2.75, 3.05) is 5.73 Å². The molecule has 1 aliphatic carbocycles. The van der Waals surface area contributed by atoms with Crippen molar-refractivity contribution in [3.05, 3.63) is 35.4 Å². The summed E-state index contributed by atoms with van der Waals surface area (Å²) < 4.78 is 0. The van der Waals surface area contributed by atoms with Crippen LogP contribution in [0.15, 0.2) is 24.3 Å². The number of ketones is 1. The lowest BCUT2D eigenvalue weighted by Gasteiger charge is -2.14. The SMILES string of the molecule is N#Cc1cccc(C2=CC(=O)CCC2)c1N. The van der Waals surface area contributed by atoms with Gasteiger partial charge in [-0.3, -0.25) is 4.79 Å². The molecule has 16 heavy (non-hydrogen) atoms. The largest absolute Gasteiger partial charge is 0.397 e. The summed E-state index contributed by atoms with van der Waals surface area (Å²) in [6.45, 7) is 0. The smallest absolute Gasteiger partial charge is 0.155 e. The number of benzene rings is 1. The summed E-state index contributed by atoms with van der Waals surface area (Å²) in [4.78, 5) is 11.3. The second kappa shape index (κ2) is 4.19. The van der Waals surface area contributed by atoms with E-state index in [1.165, 1.54) is 0 Å². The highest BCUT2D eigenvalue weighted by Crippen LogP contribution is 2.30. The number of rotatable bonds is 1. The highest BCUT2D eigenvalue weighted by atomic mass is 16.1. The molecule has 0 bridgehead atoms. The molecule has 1 aliphatic rings. The minimum absolute atomic E-state index is 0.142. The molecule has 80 valence electrons. The summed E-state index contributed by atoms with van der Waals surface area (Å²) >= 11 is 0. The standard InChI is InChI=1S/C13H12N2O/c14-8-10-4-2-6-12(13(10)15)9-3-1-5-11(16)7-9/h2,4,6-7H,1,3,5,15H2. The fraction of sp³-hybridized carbons (Fsp3) is 0.231. The highest BCUT2D eigenvalue weighted by Gasteiger charge is 2.14. The molecule has 1 aromatic rings. The van der Waals surface area contributed by atoms with Crippen molar-refractivity contribution in [3.63, 3.8) is 0 Å². The third-order valence-corrected chi connectivity index (χ3v) is 2.78. The Bertz CT molecular complexity index is 509. The molecule has 0 aliphatic heterocycles. The number of allylic oxidation sites excluding steroid dienone is 2. The number of hydrogen-bond donors (Lipinski definition) is 1. The van der Waals surface area contributed by atoms with E-state index in [-0.39, 0.29) is 5.78 Å². The molecule has 0 fully saturated rings. The number of para-hydroxylation sites is 1. The van der Waals surface area contributed by atoms with Crippen LogP contribution in [0, 0.1) is 11.3 Å². The Morgan fingerprint density at radius 1 is 1.31 bits per heavy atom. The zero-order valence-corrected chi connectivity index (χ0v) is 8.86. The van der Waals surface area contributed by atoms with Gasteiger partial charge in [-0.2, -0.15) is 5.26 Å². The van der Waals surface area contributed by atoms with Gasteiger partial charge in [-0.05, 0) is 30.6 Å². The Hall–Kier alpha value is -2.08. The first-order valence-electron chi connectivity index (χ1n) is 5.24. The quantitative estimate of drug-likeness (QED) is 0.726. The fourth-order valence-electron chi connectivity index (χ4n) is 1.95. The van der Waals surface area contributed by atoms with Gasteiger partial charge < -0.3 is 5.73 Å². The number of carbonyl (C=O) groups is 1. The molecule has 0 amide bonds. The lowest BCUT2D eigenvalue weighted by atomic mass is 9.91. The van der Waals surface area contributed by atoms with Gasteiger partial charge in [0.05, 0.1) is 11.3 Å². The molecular weight excluding hydrogens is 200 g/mol. The van der Waals surface area contributed by atoms with Gasteiger partial charge in [-0.25, -0.2) is 0 Å². The second-order valence-electron chi connectivity index (χ2n) is 3.87. The number of nitrogens with two attached hydrogens (primary N) is 1. The van der Waals surface area contributed by atoms with Gasteiger partial charge in [0.2, 0.25) is 0 Å². The van der Waals surface area contributed by atoms with E-state index in [9.17, 15) is 4.79 Å². The van der Waals surface area contributed by atoms with Crippen LogP contribution in [0.1, 0.15) is 30.4 Å². The van der Waals surface area contributed by atoms with E-state index in [1.807, 2.05) is 12.1 Å². The summed E-state index contributed by atoms with van der Waals surface area (Å²) in [7, 11) is 0. The third-order valence-electron chi connectivity index (χ3n) is 2.78. The molecule has 0 unspecified atom stereocenters. The maximum absolute atomic E-state index is 11.3. The fourth-order valence-corrected chi connectivity index (χ4v) is 1.95. The Balaban J connectivity index is 2.49. The lowest BCUT2D eigenvalue weighted by molar-refractivity contribution is -0.114. The maximum Gasteiger partial charge on any atom is 0.155 e. The van der Waals surface area contributed by atoms with Crippen molar-refractivity contribution in [2.24, 2.45) is 0 Å². The van der Waals surface area contributed by atoms with Crippen molar-refractivity contribution >= 4 is 17.0 Å². The first kappa shape index (κ1) is 10.4. The zero-order valence-electron chi connectivity index (χ0n) is 8.86. The number of anilines is 1. The maximum atomic E-state index is 11.3. The van der Waals surface area contributed by atoms with Crippen LogP contribution >= 0.6 is 0 Å². The van der Waals surface area contributed by atoms with Crippen molar-refractivity contribution in [1.29, 1.82) is 5.26 Å². The second-order valence-corrected chi connectivity index (χ2v) is 3.87. The van der Waals surface area contributed by atoms with Gasteiger partial charge in [0, 0.05) is 12.0 Å². The summed E-state index contributed by atoms with van der Waals surface area (Å²) in [6.07, 6.45) is 3.98. The molecule has 0 aromatic heterocycles. The van der Waals surface area contributed by atoms with Crippen LogP contribution in [0.25, 0.3) is 5.57 Å². The third kappa shape index (κ3) is 1.82. The highest BCUT2D eigenvalue weighted by molar-refractivity contribution is 5.99. The van der Waals surface area contributed by atoms with Crippen LogP contribution in [-0.4, -0.2) is 5.78 Å². The molecule has 0 atom stereocenters. The van der Waals surface area contributed by atoms with Gasteiger partial charge in [-0.15, -0.1) is 0 Å². The Morgan fingerprint density at radius 2 is 2.12 bits per heavy atom. The molecule has 0 spiro atoms. The van der Waals surface area contributed by atoms with E-state index in [4.69, 9.17) is 11.0 Å². The minimum atomic E-state index is 0.142. The predicted molar refractivity (Wildman–Crippen MR) is 62.4 cm³/mol. The molecule has 0 saturated heterocycles. The van der Waals surface area contributed by atoms with Gasteiger partial charge in [0.15, 0.2) is 5.78 Å². The van der Waals surface area contributed by atoms with Gasteiger partial charge in [0.1, 0.15) is 6.07 Å². The van der Waals surface area contributed by atoms with E-state index in [1.54, 1.807) is 18.2 Å². The Morgan fingerprint density at radius 3 is 2.81 bits per heavy atom. The summed E-state index contributed by atoms with van der Waals surface area (Å²) in [5, 5.41) is 8.88. The topological polar surface area (TPSA) is 66.9 Å². The van der Waals surface area contributed by atoms with Crippen molar-refractivity contribution in [3.8, 4) is 6.07 Å². The van der Waals surface area contributed by atoms with Crippen LogP contribution in [0.5, 0.6) is 0 Å². The van der Waals surface area contributed by atoms with Crippen molar-refractivity contribution in [1.82, 2.24) is 0 Å². The number of nitrogen functional groups attached to an aromatic ring is 1. The molecule has 1 aromatic carbocycles. The molecule has 0 radical (unpaired) electrons. The van der Waals surface area contributed by atoms with E-state index in [0.717, 1.165) is 24.0 Å². The van der Waals surface area contributed by atoms with Crippen LogP contribution in [0.3, 0.4) is 0 Å². The van der Waals surface area contributed by atoms with Crippen LogP contribution in [0.4, 0.5) is 5.69 Å². The summed E-state index contributed by atoms with van der Waals surface area (Å²) in [5.41, 5.74) is 8.62. The molecule has 3 nitrogen and oxygen atoms in total. The first-order chi connectivity index (χ1) is 7.72. The average molecular weight is 212 g/mol. The first-order valence-corrected chi connectivity index (χ1v) is 5.24. The van der Waals surface area contributed by atoms with E-state index >= 15 is 0 Å². The number of nitriles is 1. The van der Waals surface area contributed by atoms with E-state index in [2.05, 4.69) is 0 Å². The lowest BCUT2D eigenvalue weighted by Crippen LogP contribution is -2.04. The monoisotopic (exact) mass is 212 g/mol. The number of carbonyl (C=O) groups excluding carboxylic acids is 1. The normalized spacial score (nSPS) is 15.4. The molecule has 3 heteroatoms. The van der Waals surface area contributed by atoms with E-state index < -0.39 is 0 Å². The summed E-state index contributed by atoms with van der Waals surface area (Å²) in [5.74, 6) is 0.142. The Kier molecular flexibility index (Phi) is 2.74. The molecule has 2 N–H and O–H groups in total. The van der Waals surface area contributed by atoms with Crippen LogP contribution < -0.4 is 5.73 Å². The van der Waals surface area contributed by atoms with Crippen molar-refractivity contribution < 1.29 is 4.79 Å².